The van der Waals surface area contributed by atoms with Gasteiger partial charge in [0.2, 0.25) is 0 Å². The van der Waals surface area contributed by atoms with Crippen molar-refractivity contribution in [2.45, 2.75) is 0 Å². The van der Waals surface area contributed by atoms with Crippen LogP contribution in [0.1, 0.15) is 0 Å². The molecule has 0 N–H and O–H groups in total. The lowest BCUT2D eigenvalue weighted by Crippen LogP contribution is -2.13. The Bertz CT molecular complexity index is 3650. The molecule has 0 unspecified atom stereocenters. The number of furan rings is 1. The molecule has 2 heteroatoms. The van der Waals surface area contributed by atoms with Crippen LogP contribution in [0, 0.1) is 0 Å². The molecule has 0 aliphatic heterocycles. The summed E-state index contributed by atoms with van der Waals surface area (Å²) in [5.74, 6) is 0. The number of anilines is 3. The van der Waals surface area contributed by atoms with E-state index in [1.54, 1.807) is 0 Å². The van der Waals surface area contributed by atoms with Crippen LogP contribution >= 0.6 is 0 Å². The van der Waals surface area contributed by atoms with E-state index in [0.29, 0.717) is 0 Å². The molecule has 2 nitrogen and oxygen atoms in total. The topological polar surface area (TPSA) is 16.4 Å². The molecule has 0 radical (unpaired) electrons. The van der Waals surface area contributed by atoms with E-state index in [-0.39, 0.29) is 0 Å². The number of nitrogens with zero attached hydrogens (tertiary/aromatic N) is 1. The summed E-state index contributed by atoms with van der Waals surface area (Å²) in [6.07, 6.45) is 0. The van der Waals surface area contributed by atoms with E-state index in [2.05, 4.69) is 248 Å². The summed E-state index contributed by atoms with van der Waals surface area (Å²) in [6, 6.07) is 89.9. The smallest absolute Gasteiger partial charge is 0.136 e. The first-order chi connectivity index (χ1) is 31.7. The second-order valence-electron chi connectivity index (χ2n) is 16.4. The quantitative estimate of drug-likeness (QED) is 0.142. The summed E-state index contributed by atoms with van der Waals surface area (Å²) < 4.78 is 6.63. The Morgan fingerprint density at radius 1 is 0.266 bits per heavy atom. The van der Waals surface area contributed by atoms with Gasteiger partial charge in [0.25, 0.3) is 0 Å². The molecule has 0 atom stereocenters. The molecular weight excluding hydrogens is 775 g/mol. The van der Waals surface area contributed by atoms with Crippen LogP contribution in [0.4, 0.5) is 17.1 Å². The molecule has 11 aromatic carbocycles. The predicted molar refractivity (Wildman–Crippen MR) is 271 cm³/mol. The zero-order chi connectivity index (χ0) is 42.4. The third kappa shape index (κ3) is 6.52. The van der Waals surface area contributed by atoms with Crippen LogP contribution in [0.5, 0.6) is 0 Å². The third-order valence-electron chi connectivity index (χ3n) is 12.7. The monoisotopic (exact) mass is 815 g/mol. The van der Waals surface area contributed by atoms with Gasteiger partial charge in [-0.25, -0.2) is 0 Å². The molecule has 1 heterocycles. The summed E-state index contributed by atoms with van der Waals surface area (Å²) in [4.78, 5) is 2.47. The molecule has 12 rings (SSSR count). The van der Waals surface area contributed by atoms with Gasteiger partial charge in [-0.1, -0.05) is 194 Å². The Kier molecular flexibility index (Phi) is 9.20. The van der Waals surface area contributed by atoms with E-state index in [4.69, 9.17) is 4.42 Å². The SMILES string of the molecule is c1ccc(-c2ccc(N(c3ccc(-c4ccccc4)cc3-c3ccccc3)c3cccc(-c4cc5ccccc5c5ccccc45)c3-c3ccc4c(c3)oc3ccccc34)cc2)cc1. The van der Waals surface area contributed by atoms with Crippen LogP contribution in [0.3, 0.4) is 0 Å². The second kappa shape index (κ2) is 15.8. The van der Waals surface area contributed by atoms with Crippen molar-refractivity contribution in [1.82, 2.24) is 0 Å². The van der Waals surface area contributed by atoms with Gasteiger partial charge in [0.05, 0.1) is 11.4 Å². The van der Waals surface area contributed by atoms with Crippen LogP contribution in [-0.2, 0) is 0 Å². The lowest BCUT2D eigenvalue weighted by Gasteiger charge is -2.31. The van der Waals surface area contributed by atoms with Gasteiger partial charge in [0.15, 0.2) is 0 Å². The summed E-state index contributed by atoms with van der Waals surface area (Å²) in [5.41, 5.74) is 16.4. The second-order valence-corrected chi connectivity index (χ2v) is 16.4. The van der Waals surface area contributed by atoms with Gasteiger partial charge >= 0.3 is 0 Å². The van der Waals surface area contributed by atoms with Gasteiger partial charge in [-0.05, 0) is 121 Å². The van der Waals surface area contributed by atoms with E-state index in [9.17, 15) is 0 Å². The Hall–Kier alpha value is -8.46. The minimum absolute atomic E-state index is 0.860. The zero-order valence-electron chi connectivity index (χ0n) is 35.0. The highest BCUT2D eigenvalue weighted by atomic mass is 16.3. The van der Waals surface area contributed by atoms with Crippen LogP contribution in [-0.4, -0.2) is 0 Å². The molecule has 0 spiro atoms. The fourth-order valence-corrected chi connectivity index (χ4v) is 9.64. The minimum atomic E-state index is 0.860. The highest BCUT2D eigenvalue weighted by Gasteiger charge is 2.25. The fraction of sp³-hybridized carbons (Fsp3) is 0. The van der Waals surface area contributed by atoms with Crippen molar-refractivity contribution in [3.63, 3.8) is 0 Å². The van der Waals surface area contributed by atoms with Crippen molar-refractivity contribution in [3.05, 3.63) is 249 Å². The van der Waals surface area contributed by atoms with Gasteiger partial charge in [-0.15, -0.1) is 0 Å². The summed E-state index contributed by atoms with van der Waals surface area (Å²) in [5, 5.41) is 7.11. The van der Waals surface area contributed by atoms with Crippen molar-refractivity contribution in [2.75, 3.05) is 4.90 Å². The number of hydrogen-bond acceptors (Lipinski definition) is 2. The first-order valence-electron chi connectivity index (χ1n) is 21.9. The molecular formula is C62H41NO. The fourth-order valence-electron chi connectivity index (χ4n) is 9.64. The maximum Gasteiger partial charge on any atom is 0.136 e. The van der Waals surface area contributed by atoms with Crippen molar-refractivity contribution >= 4 is 60.5 Å². The van der Waals surface area contributed by atoms with Gasteiger partial charge in [0, 0.05) is 27.6 Å². The largest absolute Gasteiger partial charge is 0.456 e. The van der Waals surface area contributed by atoms with E-state index in [1.807, 2.05) is 6.07 Å². The molecule has 0 bridgehead atoms. The molecule has 0 aliphatic carbocycles. The Morgan fingerprint density at radius 3 is 1.58 bits per heavy atom. The Morgan fingerprint density at radius 2 is 0.828 bits per heavy atom. The van der Waals surface area contributed by atoms with Crippen LogP contribution < -0.4 is 4.90 Å². The highest BCUT2D eigenvalue weighted by molar-refractivity contribution is 6.16. The van der Waals surface area contributed by atoms with Crippen molar-refractivity contribution in [2.24, 2.45) is 0 Å². The minimum Gasteiger partial charge on any atom is -0.456 e. The molecule has 0 aliphatic rings. The van der Waals surface area contributed by atoms with E-state index in [1.165, 1.54) is 43.8 Å². The van der Waals surface area contributed by atoms with Gasteiger partial charge in [-0.3, -0.25) is 0 Å². The molecule has 64 heavy (non-hydrogen) atoms. The van der Waals surface area contributed by atoms with Crippen LogP contribution in [0.2, 0.25) is 0 Å². The summed E-state index contributed by atoms with van der Waals surface area (Å²) >= 11 is 0. The Labute approximate surface area is 372 Å². The van der Waals surface area contributed by atoms with Crippen LogP contribution in [0.15, 0.2) is 253 Å². The Balaban J connectivity index is 1.18. The van der Waals surface area contributed by atoms with Crippen molar-refractivity contribution < 1.29 is 4.42 Å². The number of para-hydroxylation sites is 1. The normalized spacial score (nSPS) is 11.4. The van der Waals surface area contributed by atoms with E-state index >= 15 is 0 Å². The molecule has 0 fully saturated rings. The number of benzene rings is 11. The molecule has 300 valence electrons. The molecule has 0 amide bonds. The molecule has 0 saturated heterocycles. The first-order valence-corrected chi connectivity index (χ1v) is 21.9. The van der Waals surface area contributed by atoms with E-state index < -0.39 is 0 Å². The highest BCUT2D eigenvalue weighted by Crippen LogP contribution is 2.50. The van der Waals surface area contributed by atoms with Gasteiger partial charge < -0.3 is 9.32 Å². The number of fused-ring (bicyclic) bond motifs is 6. The van der Waals surface area contributed by atoms with Crippen molar-refractivity contribution in [1.29, 1.82) is 0 Å². The predicted octanol–water partition coefficient (Wildman–Crippen LogP) is 17.7. The first kappa shape index (κ1) is 37.3. The molecule has 12 aromatic rings. The maximum absolute atomic E-state index is 6.63. The summed E-state index contributed by atoms with van der Waals surface area (Å²) in [7, 11) is 0. The standard InChI is InChI=1S/C62H41NO/c1-4-17-42(18-5-1)44-31-35-49(36-32-44)63(58-38-34-46(43-19-6-2-7-20-43)39-56(58)45-21-8-3-9-22-45)59-29-16-28-55(57-40-47-23-10-11-24-50(47)51-25-12-13-26-52(51)57)62(59)48-33-37-54-53-27-14-15-30-60(53)64-61(54)41-48/h1-41H. The average Bonchev–Trinajstić information content (AvgIpc) is 3.75. The molecule has 0 saturated carbocycles. The number of hydrogen-bond donors (Lipinski definition) is 0. The zero-order valence-corrected chi connectivity index (χ0v) is 35.0. The van der Waals surface area contributed by atoms with Crippen molar-refractivity contribution in [3.8, 4) is 55.6 Å². The summed E-state index contributed by atoms with van der Waals surface area (Å²) in [6.45, 7) is 0. The lowest BCUT2D eigenvalue weighted by atomic mass is 9.87. The van der Waals surface area contributed by atoms with Gasteiger partial charge in [-0.2, -0.15) is 0 Å². The number of rotatable bonds is 8. The average molecular weight is 816 g/mol. The van der Waals surface area contributed by atoms with Gasteiger partial charge in [0.1, 0.15) is 11.2 Å². The molecule has 1 aromatic heterocycles. The maximum atomic E-state index is 6.63. The van der Waals surface area contributed by atoms with E-state index in [0.717, 1.165) is 72.4 Å². The lowest BCUT2D eigenvalue weighted by molar-refractivity contribution is 0.669. The van der Waals surface area contributed by atoms with Crippen LogP contribution in [0.25, 0.3) is 99.1 Å². The third-order valence-corrected chi connectivity index (χ3v) is 12.7.